The summed E-state index contributed by atoms with van der Waals surface area (Å²) in [7, 11) is 0. The van der Waals surface area contributed by atoms with Crippen molar-refractivity contribution < 1.29 is 23.5 Å². The quantitative estimate of drug-likeness (QED) is 0.341. The van der Waals surface area contributed by atoms with Crippen molar-refractivity contribution in [2.75, 3.05) is 0 Å². The van der Waals surface area contributed by atoms with Gasteiger partial charge in [-0.15, -0.1) is 0 Å². The third-order valence-corrected chi connectivity index (χ3v) is 5.13. The highest BCUT2D eigenvalue weighted by atomic mass is 16.6. The molecule has 0 saturated carbocycles. The monoisotopic (exact) mass is 451 g/mol. The predicted molar refractivity (Wildman–Crippen MR) is 126 cm³/mol. The molecule has 0 unspecified atom stereocenters. The molecule has 0 radical (unpaired) electrons. The summed E-state index contributed by atoms with van der Waals surface area (Å²) >= 11 is 0. The summed E-state index contributed by atoms with van der Waals surface area (Å²) in [4.78, 5) is 37.8. The number of hydrogen-bond donors (Lipinski definition) is 1. The van der Waals surface area contributed by atoms with Gasteiger partial charge in [-0.1, -0.05) is 30.3 Å². The number of ether oxygens (including phenoxy) is 2. The van der Waals surface area contributed by atoms with Gasteiger partial charge >= 0.3 is 17.7 Å². The first-order valence-corrected chi connectivity index (χ1v) is 10.7. The topological polar surface area (TPSA) is 94.8 Å². The van der Waals surface area contributed by atoms with Gasteiger partial charge in [-0.3, -0.25) is 0 Å². The van der Waals surface area contributed by atoms with Gasteiger partial charge in [0, 0.05) is 12.0 Å². The lowest BCUT2D eigenvalue weighted by atomic mass is 10.0. The number of fused-ring (bicyclic) bond motifs is 1. The Morgan fingerprint density at radius 3 is 2.33 bits per heavy atom. The summed E-state index contributed by atoms with van der Waals surface area (Å²) in [5.41, 5.74) is 1.91. The predicted octanol–water partition coefficient (Wildman–Crippen LogP) is 4.76. The van der Waals surface area contributed by atoms with Gasteiger partial charge in [-0.05, 0) is 70.4 Å². The van der Waals surface area contributed by atoms with E-state index in [1.165, 1.54) is 0 Å². The van der Waals surface area contributed by atoms with E-state index in [1.807, 2.05) is 37.3 Å². The van der Waals surface area contributed by atoms with Gasteiger partial charge in [0.2, 0.25) is 0 Å². The maximum atomic E-state index is 13.3. The van der Waals surface area contributed by atoms with Crippen molar-refractivity contribution in [3.8, 4) is 5.75 Å². The fourth-order valence-corrected chi connectivity index (χ4v) is 3.44. The normalized spacial score (nSPS) is 12.3. The maximum Gasteiger partial charge on any atom is 0.408 e. The second kappa shape index (κ2) is 9.48. The Labute approximate surface area is 192 Å². The van der Waals surface area contributed by atoms with Gasteiger partial charge in [-0.25, -0.2) is 14.4 Å². The number of carbonyl (C=O) groups excluding carboxylic acids is 2. The van der Waals surface area contributed by atoms with Crippen LogP contribution in [0.15, 0.2) is 51.7 Å². The first-order valence-electron chi connectivity index (χ1n) is 10.7. The van der Waals surface area contributed by atoms with E-state index in [-0.39, 0.29) is 12.2 Å². The van der Waals surface area contributed by atoms with Crippen LogP contribution in [0.3, 0.4) is 0 Å². The van der Waals surface area contributed by atoms with E-state index < -0.39 is 29.3 Å². The Morgan fingerprint density at radius 2 is 1.70 bits per heavy atom. The Bertz CT molecular complexity index is 1240. The van der Waals surface area contributed by atoms with E-state index in [0.29, 0.717) is 22.1 Å². The molecule has 1 heterocycles. The molecule has 2 aromatic carbocycles. The van der Waals surface area contributed by atoms with Crippen molar-refractivity contribution in [3.63, 3.8) is 0 Å². The van der Waals surface area contributed by atoms with Crippen molar-refractivity contribution in [2.45, 2.75) is 59.6 Å². The lowest BCUT2D eigenvalue weighted by Crippen LogP contribution is -2.46. The Morgan fingerprint density at radius 1 is 1.03 bits per heavy atom. The SMILES string of the molecule is Cc1cc(OC(=O)[C@@H](Cc2ccccc2)NC(=O)OC(C)(C)C)c2c(C)c(C)c(=O)oc2c1. The third kappa shape index (κ3) is 6.00. The van der Waals surface area contributed by atoms with Crippen LogP contribution in [0.2, 0.25) is 0 Å². The van der Waals surface area contributed by atoms with Gasteiger partial charge in [0.1, 0.15) is 23.0 Å². The first kappa shape index (κ1) is 24.0. The molecule has 0 aliphatic carbocycles. The van der Waals surface area contributed by atoms with Crippen molar-refractivity contribution >= 4 is 23.0 Å². The number of benzene rings is 2. The van der Waals surface area contributed by atoms with E-state index in [0.717, 1.165) is 11.1 Å². The molecule has 3 aromatic rings. The van der Waals surface area contributed by atoms with Crippen LogP contribution in [0.25, 0.3) is 11.0 Å². The van der Waals surface area contributed by atoms with Gasteiger partial charge in [0.15, 0.2) is 0 Å². The third-order valence-electron chi connectivity index (χ3n) is 5.13. The standard InChI is InChI=1S/C26H29NO6/c1-15-12-20-22(16(2)17(3)23(28)31-20)21(13-15)32-24(29)19(14-18-10-8-7-9-11-18)27-25(30)33-26(4,5)6/h7-13,19H,14H2,1-6H3,(H,27,30)/t19-/m1/s1. The van der Waals surface area contributed by atoms with E-state index in [9.17, 15) is 14.4 Å². The Hall–Kier alpha value is -3.61. The largest absolute Gasteiger partial charge is 0.444 e. The molecule has 174 valence electrons. The molecule has 1 atom stereocenters. The number of alkyl carbamates (subject to hydrolysis) is 1. The molecule has 1 aromatic heterocycles. The molecule has 0 saturated heterocycles. The Kier molecular flexibility index (Phi) is 6.91. The molecule has 33 heavy (non-hydrogen) atoms. The second-order valence-electron chi connectivity index (χ2n) is 9.09. The Balaban J connectivity index is 1.96. The zero-order valence-electron chi connectivity index (χ0n) is 19.8. The zero-order valence-corrected chi connectivity index (χ0v) is 19.8. The summed E-state index contributed by atoms with van der Waals surface area (Å²) in [5.74, 6) is -0.386. The number of nitrogens with one attached hydrogen (secondary N) is 1. The van der Waals surface area contributed by atoms with E-state index >= 15 is 0 Å². The highest BCUT2D eigenvalue weighted by Crippen LogP contribution is 2.31. The van der Waals surface area contributed by atoms with Gasteiger partial charge < -0.3 is 19.2 Å². The number of aryl methyl sites for hydroxylation is 2. The summed E-state index contributed by atoms with van der Waals surface area (Å²) in [5, 5.41) is 3.17. The van der Waals surface area contributed by atoms with Crippen molar-refractivity contribution in [3.05, 3.63) is 75.1 Å². The number of esters is 1. The van der Waals surface area contributed by atoms with Crippen LogP contribution in [-0.2, 0) is 16.0 Å². The molecule has 1 N–H and O–H groups in total. The summed E-state index contributed by atoms with van der Waals surface area (Å²) in [6.07, 6.45) is -0.497. The van der Waals surface area contributed by atoms with E-state index in [2.05, 4.69) is 5.32 Å². The van der Waals surface area contributed by atoms with Crippen LogP contribution >= 0.6 is 0 Å². The molecule has 1 amide bonds. The molecular formula is C26H29NO6. The van der Waals surface area contributed by atoms with E-state index in [1.54, 1.807) is 46.8 Å². The van der Waals surface area contributed by atoms with Gasteiger partial charge in [-0.2, -0.15) is 0 Å². The lowest BCUT2D eigenvalue weighted by molar-refractivity contribution is -0.136. The number of carbonyl (C=O) groups is 2. The zero-order chi connectivity index (χ0) is 24.3. The van der Waals surface area contributed by atoms with Crippen LogP contribution < -0.4 is 15.7 Å². The molecule has 0 aliphatic rings. The average molecular weight is 452 g/mol. The molecule has 7 heteroatoms. The van der Waals surface area contributed by atoms with Crippen LogP contribution in [0.4, 0.5) is 4.79 Å². The van der Waals surface area contributed by atoms with Crippen LogP contribution in [-0.4, -0.2) is 23.7 Å². The molecule has 3 rings (SSSR count). The molecule has 0 aliphatic heterocycles. The van der Waals surface area contributed by atoms with Crippen LogP contribution in [0.1, 0.15) is 43.0 Å². The highest BCUT2D eigenvalue weighted by molar-refractivity contribution is 5.92. The second-order valence-corrected chi connectivity index (χ2v) is 9.09. The summed E-state index contributed by atoms with van der Waals surface area (Å²) in [6.45, 7) is 10.5. The fraction of sp³-hybridized carbons (Fsp3) is 0.346. The molecule has 0 spiro atoms. The number of rotatable bonds is 5. The van der Waals surface area contributed by atoms with Crippen LogP contribution in [0, 0.1) is 20.8 Å². The highest BCUT2D eigenvalue weighted by Gasteiger charge is 2.27. The number of amides is 1. The molecule has 0 fully saturated rings. The van der Waals surface area contributed by atoms with Crippen molar-refractivity contribution in [1.29, 1.82) is 0 Å². The summed E-state index contributed by atoms with van der Waals surface area (Å²) < 4.78 is 16.5. The molecule has 7 nitrogen and oxygen atoms in total. The maximum absolute atomic E-state index is 13.3. The minimum absolute atomic E-state index is 0.218. The van der Waals surface area contributed by atoms with Gasteiger partial charge in [0.25, 0.3) is 0 Å². The smallest absolute Gasteiger partial charge is 0.408 e. The lowest BCUT2D eigenvalue weighted by Gasteiger charge is -2.23. The van der Waals surface area contributed by atoms with E-state index in [4.69, 9.17) is 13.9 Å². The minimum atomic E-state index is -0.991. The van der Waals surface area contributed by atoms with Crippen molar-refractivity contribution in [1.82, 2.24) is 5.32 Å². The fourth-order valence-electron chi connectivity index (χ4n) is 3.44. The minimum Gasteiger partial charge on any atom is -0.444 e. The average Bonchev–Trinajstić information content (AvgIpc) is 2.70. The number of hydrogen-bond acceptors (Lipinski definition) is 6. The van der Waals surface area contributed by atoms with Crippen LogP contribution in [0.5, 0.6) is 5.75 Å². The molecule has 0 bridgehead atoms. The van der Waals surface area contributed by atoms with Crippen molar-refractivity contribution in [2.24, 2.45) is 0 Å². The molecular weight excluding hydrogens is 422 g/mol. The summed E-state index contributed by atoms with van der Waals surface area (Å²) in [6, 6.07) is 11.7. The first-order chi connectivity index (χ1) is 15.4. The van der Waals surface area contributed by atoms with Gasteiger partial charge in [0.05, 0.1) is 5.39 Å².